The van der Waals surface area contributed by atoms with Gasteiger partial charge in [0.05, 0.1) is 34.6 Å². The van der Waals surface area contributed by atoms with Gasteiger partial charge in [0.15, 0.2) is 0 Å². The highest BCUT2D eigenvalue weighted by molar-refractivity contribution is 6.07. The van der Waals surface area contributed by atoms with Gasteiger partial charge in [-0.1, -0.05) is 0 Å². The van der Waals surface area contributed by atoms with Crippen molar-refractivity contribution in [1.29, 1.82) is 0 Å². The molecule has 2 aromatic heterocycles. The highest BCUT2D eigenvalue weighted by Crippen LogP contribution is 2.30. The molecule has 0 bridgehead atoms. The van der Waals surface area contributed by atoms with Crippen molar-refractivity contribution in [2.75, 3.05) is 26.3 Å². The van der Waals surface area contributed by atoms with Crippen LogP contribution >= 0.6 is 0 Å². The molecule has 1 aromatic carbocycles. The van der Waals surface area contributed by atoms with Crippen molar-refractivity contribution >= 4 is 33.7 Å². The van der Waals surface area contributed by atoms with Crippen LogP contribution in [0.5, 0.6) is 0 Å². The monoisotopic (exact) mass is 438 g/mol. The van der Waals surface area contributed by atoms with Gasteiger partial charge in [0, 0.05) is 37.3 Å². The first-order valence-corrected chi connectivity index (χ1v) is 11.1. The number of pyridine rings is 1. The average molecular weight is 438 g/mol. The maximum atomic E-state index is 13.4. The Bertz CT molecular complexity index is 1270. The van der Waals surface area contributed by atoms with Gasteiger partial charge in [-0.15, -0.1) is 0 Å². The SMILES string of the molecule is Cc1cc2[nH]c(=O)c3cnn(C4CCOCC4)c3c2cc1C(=O)N1CCC[C@H](C(=O)O)C1. The first-order chi connectivity index (χ1) is 15.4. The lowest BCUT2D eigenvalue weighted by Gasteiger charge is -2.31. The molecule has 5 rings (SSSR count). The number of hydrogen-bond donors (Lipinski definition) is 2. The number of ether oxygens (including phenoxy) is 1. The van der Waals surface area contributed by atoms with E-state index in [1.54, 1.807) is 11.1 Å². The Morgan fingerprint density at radius 1 is 1.19 bits per heavy atom. The van der Waals surface area contributed by atoms with E-state index >= 15 is 0 Å². The molecule has 2 saturated heterocycles. The lowest BCUT2D eigenvalue weighted by atomic mass is 9.96. The summed E-state index contributed by atoms with van der Waals surface area (Å²) in [6.45, 7) is 3.89. The van der Waals surface area contributed by atoms with Crippen LogP contribution in [0.1, 0.15) is 47.6 Å². The number of fused-ring (bicyclic) bond motifs is 3. The maximum Gasteiger partial charge on any atom is 0.308 e. The number of nitrogens with one attached hydrogen (secondary N) is 1. The molecule has 9 nitrogen and oxygen atoms in total. The zero-order valence-electron chi connectivity index (χ0n) is 18.0. The summed E-state index contributed by atoms with van der Waals surface area (Å²) < 4.78 is 7.38. The fourth-order valence-corrected chi connectivity index (χ4v) is 4.96. The molecular weight excluding hydrogens is 412 g/mol. The molecule has 0 radical (unpaired) electrons. The molecule has 0 aliphatic carbocycles. The number of likely N-dealkylation sites (tertiary alicyclic amines) is 1. The number of aromatic nitrogens is 3. The third kappa shape index (κ3) is 3.46. The predicted molar refractivity (Wildman–Crippen MR) is 118 cm³/mol. The maximum absolute atomic E-state index is 13.4. The van der Waals surface area contributed by atoms with Gasteiger partial charge in [0.2, 0.25) is 0 Å². The third-order valence-corrected chi connectivity index (χ3v) is 6.73. The number of rotatable bonds is 3. The second-order valence-electron chi connectivity index (χ2n) is 8.79. The van der Waals surface area contributed by atoms with Crippen molar-refractivity contribution < 1.29 is 19.4 Å². The molecule has 9 heteroatoms. The van der Waals surface area contributed by atoms with Gasteiger partial charge in [-0.3, -0.25) is 19.1 Å². The van der Waals surface area contributed by atoms with Crippen LogP contribution in [0.15, 0.2) is 23.1 Å². The van der Waals surface area contributed by atoms with Crippen LogP contribution < -0.4 is 5.56 Å². The van der Waals surface area contributed by atoms with Crippen molar-refractivity contribution in [2.24, 2.45) is 5.92 Å². The number of amides is 1. The van der Waals surface area contributed by atoms with E-state index in [1.807, 2.05) is 23.7 Å². The van der Waals surface area contributed by atoms with E-state index in [-0.39, 0.29) is 24.1 Å². The first kappa shape index (κ1) is 20.7. The lowest BCUT2D eigenvalue weighted by Crippen LogP contribution is -2.42. The second kappa shape index (κ2) is 8.05. The van der Waals surface area contributed by atoms with E-state index in [2.05, 4.69) is 10.1 Å². The van der Waals surface area contributed by atoms with Gasteiger partial charge < -0.3 is 19.7 Å². The fourth-order valence-electron chi connectivity index (χ4n) is 4.96. The summed E-state index contributed by atoms with van der Waals surface area (Å²) in [6.07, 6.45) is 4.47. The molecule has 0 spiro atoms. The minimum Gasteiger partial charge on any atom is -0.481 e. The minimum absolute atomic E-state index is 0.130. The molecular formula is C23H26N4O5. The number of piperidine rings is 1. The fraction of sp³-hybridized carbons (Fsp3) is 0.478. The summed E-state index contributed by atoms with van der Waals surface area (Å²) in [5.41, 5.74) is 2.45. The molecule has 0 unspecified atom stereocenters. The van der Waals surface area contributed by atoms with Crippen LogP contribution in [0.25, 0.3) is 21.8 Å². The Morgan fingerprint density at radius 2 is 1.97 bits per heavy atom. The van der Waals surface area contributed by atoms with Crippen LogP contribution in [0.3, 0.4) is 0 Å². The van der Waals surface area contributed by atoms with Crippen LogP contribution in [0.4, 0.5) is 0 Å². The third-order valence-electron chi connectivity index (χ3n) is 6.73. The Balaban J connectivity index is 1.62. The molecule has 2 aliphatic rings. The van der Waals surface area contributed by atoms with Crippen molar-refractivity contribution in [3.05, 3.63) is 39.8 Å². The quantitative estimate of drug-likeness (QED) is 0.649. The first-order valence-electron chi connectivity index (χ1n) is 11.1. The highest BCUT2D eigenvalue weighted by Gasteiger charge is 2.30. The molecule has 4 heterocycles. The van der Waals surface area contributed by atoms with Crippen molar-refractivity contribution in [2.45, 2.75) is 38.6 Å². The van der Waals surface area contributed by atoms with Crippen molar-refractivity contribution in [3.63, 3.8) is 0 Å². The number of carbonyl (C=O) groups excluding carboxylic acids is 1. The molecule has 0 saturated carbocycles. The summed E-state index contributed by atoms with van der Waals surface area (Å²) in [5.74, 6) is -1.57. The number of hydrogen-bond acceptors (Lipinski definition) is 5. The normalized spacial score (nSPS) is 20.2. The number of aromatic amines is 1. The molecule has 2 N–H and O–H groups in total. The van der Waals surface area contributed by atoms with E-state index in [4.69, 9.17) is 4.74 Å². The van der Waals surface area contributed by atoms with Crippen molar-refractivity contribution in [3.8, 4) is 0 Å². The Hall–Kier alpha value is -3.20. The summed E-state index contributed by atoms with van der Waals surface area (Å²) in [5, 5.41) is 15.2. The Kier molecular flexibility index (Phi) is 5.21. The van der Waals surface area contributed by atoms with E-state index < -0.39 is 11.9 Å². The van der Waals surface area contributed by atoms with Crippen LogP contribution in [-0.4, -0.2) is 63.0 Å². The highest BCUT2D eigenvalue weighted by atomic mass is 16.5. The number of carboxylic acid groups (broad SMARTS) is 1. The molecule has 1 atom stereocenters. The molecule has 32 heavy (non-hydrogen) atoms. The van der Waals surface area contributed by atoms with E-state index in [0.717, 1.165) is 29.3 Å². The standard InChI is InChI=1S/C23H26N4O5/c1-13-9-19-17(10-16(13)22(29)26-6-2-3-14(12-26)23(30)31)20-18(21(28)25-19)11-24-27(20)15-4-7-32-8-5-15/h9-11,14-15H,2-8,12H2,1H3,(H,25,28)(H,30,31)/t14-/m0/s1. The van der Waals surface area contributed by atoms with Gasteiger partial charge in [-0.05, 0) is 50.3 Å². The number of carboxylic acids is 1. The summed E-state index contributed by atoms with van der Waals surface area (Å²) in [7, 11) is 0. The van der Waals surface area contributed by atoms with E-state index in [1.165, 1.54) is 0 Å². The molecule has 2 aliphatic heterocycles. The van der Waals surface area contributed by atoms with E-state index in [9.17, 15) is 19.5 Å². The average Bonchev–Trinajstić information content (AvgIpc) is 3.25. The number of aryl methyl sites for hydroxylation is 1. The number of H-pyrrole nitrogens is 1. The number of aliphatic carboxylic acids is 1. The van der Waals surface area contributed by atoms with Crippen LogP contribution in [0, 0.1) is 12.8 Å². The summed E-state index contributed by atoms with van der Waals surface area (Å²) in [6, 6.07) is 3.78. The Labute approximate surface area is 184 Å². The topological polar surface area (TPSA) is 118 Å². The van der Waals surface area contributed by atoms with Crippen molar-refractivity contribution in [1.82, 2.24) is 19.7 Å². The minimum atomic E-state index is -0.864. The zero-order valence-corrected chi connectivity index (χ0v) is 18.0. The number of benzene rings is 1. The zero-order chi connectivity index (χ0) is 22.4. The molecule has 3 aromatic rings. The van der Waals surface area contributed by atoms with E-state index in [0.29, 0.717) is 49.1 Å². The largest absolute Gasteiger partial charge is 0.481 e. The number of nitrogens with zero attached hydrogens (tertiary/aromatic N) is 3. The molecule has 2 fully saturated rings. The second-order valence-corrected chi connectivity index (χ2v) is 8.79. The number of carbonyl (C=O) groups is 2. The van der Waals surface area contributed by atoms with Crippen LogP contribution in [0.2, 0.25) is 0 Å². The Morgan fingerprint density at radius 3 is 2.72 bits per heavy atom. The van der Waals surface area contributed by atoms with Gasteiger partial charge in [-0.25, -0.2) is 0 Å². The van der Waals surface area contributed by atoms with Gasteiger partial charge in [-0.2, -0.15) is 5.10 Å². The summed E-state index contributed by atoms with van der Waals surface area (Å²) in [4.78, 5) is 42.1. The smallest absolute Gasteiger partial charge is 0.308 e. The molecule has 1 amide bonds. The predicted octanol–water partition coefficient (Wildman–Crippen LogP) is 2.47. The summed E-state index contributed by atoms with van der Waals surface area (Å²) >= 11 is 0. The van der Waals surface area contributed by atoms with Gasteiger partial charge >= 0.3 is 5.97 Å². The van der Waals surface area contributed by atoms with Gasteiger partial charge in [0.1, 0.15) is 0 Å². The lowest BCUT2D eigenvalue weighted by molar-refractivity contribution is -0.143. The van der Waals surface area contributed by atoms with Gasteiger partial charge in [0.25, 0.3) is 11.5 Å². The van der Waals surface area contributed by atoms with Crippen LogP contribution in [-0.2, 0) is 9.53 Å². The molecule has 168 valence electrons.